The van der Waals surface area contributed by atoms with Crippen molar-refractivity contribution in [3.05, 3.63) is 41.2 Å². The minimum Gasteiger partial charge on any atom is -0.360 e. The summed E-state index contributed by atoms with van der Waals surface area (Å²) in [6.07, 6.45) is 0. The number of anilines is 3. The van der Waals surface area contributed by atoms with Gasteiger partial charge in [-0.2, -0.15) is 0 Å². The maximum atomic E-state index is 12.2. The minimum atomic E-state index is -0.338. The van der Waals surface area contributed by atoms with Crippen molar-refractivity contribution in [1.82, 2.24) is 15.4 Å². The summed E-state index contributed by atoms with van der Waals surface area (Å²) in [5.41, 5.74) is 3.42. The molecule has 0 saturated carbocycles. The van der Waals surface area contributed by atoms with Gasteiger partial charge in [-0.1, -0.05) is 34.3 Å². The highest BCUT2D eigenvalue weighted by Gasteiger charge is 2.18. The summed E-state index contributed by atoms with van der Waals surface area (Å²) in [6, 6.07) is 7.81. The number of thioether (sulfide) groups is 1. The molecular weight excluding hydrogens is 370 g/mol. The summed E-state index contributed by atoms with van der Waals surface area (Å²) in [5, 5.41) is 18.4. The highest BCUT2D eigenvalue weighted by Crippen LogP contribution is 2.31. The number of hydrogen-bond donors (Lipinski definition) is 2. The molecule has 1 aromatic carbocycles. The van der Waals surface area contributed by atoms with Gasteiger partial charge < -0.3 is 15.2 Å². The van der Waals surface area contributed by atoms with Gasteiger partial charge in [0.25, 0.3) is 0 Å². The number of hydrogen-bond acceptors (Lipinski definition) is 8. The number of aromatic nitrogens is 3. The summed E-state index contributed by atoms with van der Waals surface area (Å²) in [5.74, 6) is 0.892. The number of carbonyl (C=O) groups excluding carboxylic acids is 1. The molecule has 0 aliphatic rings. The predicted molar refractivity (Wildman–Crippen MR) is 104 cm³/mol. The predicted octanol–water partition coefficient (Wildman–Crippen LogP) is 4.31. The van der Waals surface area contributed by atoms with Crippen molar-refractivity contribution >= 4 is 45.6 Å². The van der Waals surface area contributed by atoms with Crippen LogP contribution >= 0.6 is 23.1 Å². The lowest BCUT2D eigenvalue weighted by atomic mass is 10.1. The number of benzene rings is 1. The van der Waals surface area contributed by atoms with E-state index in [4.69, 9.17) is 4.52 Å². The summed E-state index contributed by atoms with van der Waals surface area (Å²) in [7, 11) is 0. The summed E-state index contributed by atoms with van der Waals surface area (Å²) in [6.45, 7) is 7.72. The van der Waals surface area contributed by atoms with E-state index in [0.717, 1.165) is 10.0 Å². The molecule has 136 valence electrons. The zero-order valence-corrected chi connectivity index (χ0v) is 16.5. The third kappa shape index (κ3) is 4.61. The molecule has 9 heteroatoms. The molecule has 0 saturated heterocycles. The third-order valence-corrected chi connectivity index (χ3v) is 5.71. The second-order valence-corrected chi connectivity index (χ2v) is 8.43. The van der Waals surface area contributed by atoms with E-state index in [1.54, 1.807) is 13.0 Å². The lowest BCUT2D eigenvalue weighted by Crippen LogP contribution is -2.22. The third-order valence-electron chi connectivity index (χ3n) is 3.69. The second-order valence-electron chi connectivity index (χ2n) is 5.87. The lowest BCUT2D eigenvalue weighted by molar-refractivity contribution is -0.115. The average Bonchev–Trinajstić information content (AvgIpc) is 3.20. The highest BCUT2D eigenvalue weighted by atomic mass is 32.2. The standard InChI is InChI=1S/C17H19N5O2S2/c1-9-5-6-13(7-10(9)2)18-16-20-21-17(26-16)25-12(4)15(23)19-14-8-11(3)24-22-14/h5-8,12H,1-4H3,(H,18,20)(H,19,22,23). The smallest absolute Gasteiger partial charge is 0.238 e. The molecule has 0 fully saturated rings. The molecule has 26 heavy (non-hydrogen) atoms. The number of rotatable bonds is 6. The Morgan fingerprint density at radius 3 is 2.69 bits per heavy atom. The molecule has 3 rings (SSSR count). The molecule has 1 amide bonds. The van der Waals surface area contributed by atoms with Crippen LogP contribution in [0.1, 0.15) is 23.8 Å². The summed E-state index contributed by atoms with van der Waals surface area (Å²) in [4.78, 5) is 12.2. The first-order valence-electron chi connectivity index (χ1n) is 7.99. The fourth-order valence-electron chi connectivity index (χ4n) is 2.11. The molecule has 2 heterocycles. The van der Waals surface area contributed by atoms with Crippen LogP contribution in [0.2, 0.25) is 0 Å². The highest BCUT2D eigenvalue weighted by molar-refractivity contribution is 8.02. The van der Waals surface area contributed by atoms with Gasteiger partial charge in [0.15, 0.2) is 10.2 Å². The van der Waals surface area contributed by atoms with Gasteiger partial charge in [-0.15, -0.1) is 10.2 Å². The molecule has 0 aliphatic carbocycles. The summed E-state index contributed by atoms with van der Waals surface area (Å²) < 4.78 is 5.66. The van der Waals surface area contributed by atoms with Crippen molar-refractivity contribution in [3.63, 3.8) is 0 Å². The average molecular weight is 390 g/mol. The molecule has 0 spiro atoms. The van der Waals surface area contributed by atoms with E-state index in [-0.39, 0.29) is 11.2 Å². The van der Waals surface area contributed by atoms with Crippen molar-refractivity contribution in [2.75, 3.05) is 10.6 Å². The zero-order valence-electron chi connectivity index (χ0n) is 14.9. The van der Waals surface area contributed by atoms with E-state index in [1.807, 2.05) is 13.0 Å². The molecule has 0 aliphatic heterocycles. The normalized spacial score (nSPS) is 12.0. The van der Waals surface area contributed by atoms with Crippen LogP contribution in [0.4, 0.5) is 16.6 Å². The topological polar surface area (TPSA) is 92.9 Å². The van der Waals surface area contributed by atoms with Crippen LogP contribution in [0.5, 0.6) is 0 Å². The monoisotopic (exact) mass is 389 g/mol. The number of aryl methyl sites for hydroxylation is 3. The molecular formula is C17H19N5O2S2. The van der Waals surface area contributed by atoms with Crippen molar-refractivity contribution in [2.24, 2.45) is 0 Å². The van der Waals surface area contributed by atoms with Crippen molar-refractivity contribution in [3.8, 4) is 0 Å². The van der Waals surface area contributed by atoms with Gasteiger partial charge >= 0.3 is 0 Å². The van der Waals surface area contributed by atoms with E-state index in [9.17, 15) is 4.79 Å². The van der Waals surface area contributed by atoms with E-state index in [0.29, 0.717) is 16.7 Å². The van der Waals surface area contributed by atoms with E-state index >= 15 is 0 Å². The lowest BCUT2D eigenvalue weighted by Gasteiger charge is -2.07. The van der Waals surface area contributed by atoms with Crippen LogP contribution < -0.4 is 10.6 Å². The van der Waals surface area contributed by atoms with Gasteiger partial charge in [-0.25, -0.2) is 0 Å². The van der Waals surface area contributed by atoms with Crippen molar-refractivity contribution < 1.29 is 9.32 Å². The van der Waals surface area contributed by atoms with Gasteiger partial charge in [0.05, 0.1) is 5.25 Å². The maximum absolute atomic E-state index is 12.2. The fraction of sp³-hybridized carbons (Fsp3) is 0.294. The Morgan fingerprint density at radius 2 is 2.00 bits per heavy atom. The SMILES string of the molecule is Cc1cc(NC(=O)C(C)Sc2nnc(Nc3ccc(C)c(C)c3)s2)no1. The van der Waals surface area contributed by atoms with Crippen LogP contribution in [0.15, 0.2) is 33.1 Å². The Kier molecular flexibility index (Phi) is 5.58. The van der Waals surface area contributed by atoms with E-state index in [1.165, 1.54) is 34.2 Å². The first-order valence-corrected chi connectivity index (χ1v) is 9.69. The van der Waals surface area contributed by atoms with Gasteiger partial charge in [-0.3, -0.25) is 4.79 Å². The Labute approximate surface area is 159 Å². The zero-order chi connectivity index (χ0) is 18.7. The van der Waals surface area contributed by atoms with Crippen LogP contribution in [0, 0.1) is 20.8 Å². The van der Waals surface area contributed by atoms with E-state index < -0.39 is 0 Å². The van der Waals surface area contributed by atoms with Crippen LogP contribution in [0.25, 0.3) is 0 Å². The van der Waals surface area contributed by atoms with Crippen molar-refractivity contribution in [2.45, 2.75) is 37.3 Å². The van der Waals surface area contributed by atoms with Crippen LogP contribution in [0.3, 0.4) is 0 Å². The first-order chi connectivity index (χ1) is 12.4. The Balaban J connectivity index is 1.58. The Hall–Kier alpha value is -2.39. The number of nitrogens with zero attached hydrogens (tertiary/aromatic N) is 3. The molecule has 1 atom stereocenters. The Morgan fingerprint density at radius 1 is 1.19 bits per heavy atom. The molecule has 2 aromatic heterocycles. The number of carbonyl (C=O) groups is 1. The Bertz CT molecular complexity index is 922. The largest absolute Gasteiger partial charge is 0.360 e. The quantitative estimate of drug-likeness (QED) is 0.607. The summed E-state index contributed by atoms with van der Waals surface area (Å²) >= 11 is 2.76. The van der Waals surface area contributed by atoms with Crippen LogP contribution in [-0.2, 0) is 4.79 Å². The number of nitrogens with one attached hydrogen (secondary N) is 2. The van der Waals surface area contributed by atoms with Gasteiger partial charge in [0.2, 0.25) is 11.0 Å². The van der Waals surface area contributed by atoms with Crippen molar-refractivity contribution in [1.29, 1.82) is 0 Å². The van der Waals surface area contributed by atoms with Gasteiger partial charge in [0.1, 0.15) is 5.76 Å². The molecule has 1 unspecified atom stereocenters. The first kappa shape index (κ1) is 18.4. The van der Waals surface area contributed by atoms with Gasteiger partial charge in [-0.05, 0) is 51.0 Å². The van der Waals surface area contributed by atoms with Gasteiger partial charge in [0, 0.05) is 11.8 Å². The van der Waals surface area contributed by atoms with E-state index in [2.05, 4.69) is 52.0 Å². The molecule has 3 aromatic rings. The molecule has 2 N–H and O–H groups in total. The molecule has 7 nitrogen and oxygen atoms in total. The minimum absolute atomic E-state index is 0.165. The second kappa shape index (κ2) is 7.88. The van der Waals surface area contributed by atoms with Crippen LogP contribution in [-0.4, -0.2) is 26.5 Å². The number of amides is 1. The molecule has 0 radical (unpaired) electrons. The maximum Gasteiger partial charge on any atom is 0.238 e. The molecule has 0 bridgehead atoms. The fourth-order valence-corrected chi connectivity index (χ4v) is 4.02.